The zero-order valence-corrected chi connectivity index (χ0v) is 9.62. The monoisotopic (exact) mass is 208 g/mol. The number of hydrogen-bond acceptors (Lipinski definition) is 3. The van der Waals surface area contributed by atoms with Crippen LogP contribution in [-0.4, -0.2) is 4.98 Å². The summed E-state index contributed by atoms with van der Waals surface area (Å²) in [4.78, 5) is 4.51. The number of nitrogens with two attached hydrogens (primary N) is 1. The lowest BCUT2D eigenvalue weighted by molar-refractivity contribution is 0.242. The number of aromatic nitrogens is 1. The quantitative estimate of drug-likeness (QED) is 0.813. The normalized spacial score (nSPS) is 20.8. The lowest BCUT2D eigenvalue weighted by Crippen LogP contribution is -2.38. The molecule has 1 aromatic heterocycles. The van der Waals surface area contributed by atoms with E-state index in [-0.39, 0.29) is 5.54 Å². The Morgan fingerprint density at radius 2 is 2.00 bits per heavy atom. The predicted molar refractivity (Wildman–Crippen MR) is 59.5 cm³/mol. The number of nitrogens with zero attached hydrogens (tertiary/aromatic N) is 1. The molecule has 2 rings (SSSR count). The van der Waals surface area contributed by atoms with Crippen molar-refractivity contribution in [1.82, 2.24) is 4.98 Å². The van der Waals surface area contributed by atoms with E-state index in [0.29, 0.717) is 5.92 Å². The summed E-state index contributed by atoms with van der Waals surface area (Å²) >= 11 is 0. The van der Waals surface area contributed by atoms with Crippen molar-refractivity contribution in [1.29, 1.82) is 0 Å². The molecule has 0 radical (unpaired) electrons. The minimum atomic E-state index is -0.300. The van der Waals surface area contributed by atoms with E-state index in [2.05, 4.69) is 18.8 Å². The van der Waals surface area contributed by atoms with Gasteiger partial charge in [0.05, 0.1) is 11.2 Å². The summed E-state index contributed by atoms with van der Waals surface area (Å²) in [5, 5.41) is 0. The second-order valence-electron chi connectivity index (χ2n) is 4.95. The molecule has 1 saturated carbocycles. The van der Waals surface area contributed by atoms with Gasteiger partial charge in [-0.2, -0.15) is 0 Å². The van der Waals surface area contributed by atoms with E-state index >= 15 is 0 Å². The molecule has 3 nitrogen and oxygen atoms in total. The van der Waals surface area contributed by atoms with Crippen LogP contribution >= 0.6 is 0 Å². The summed E-state index contributed by atoms with van der Waals surface area (Å²) in [7, 11) is 0. The van der Waals surface area contributed by atoms with Crippen molar-refractivity contribution in [2.45, 2.75) is 57.4 Å². The van der Waals surface area contributed by atoms with E-state index in [1.165, 1.54) is 19.3 Å². The number of rotatable bonds is 2. The second-order valence-corrected chi connectivity index (χ2v) is 4.95. The van der Waals surface area contributed by atoms with Gasteiger partial charge in [-0.05, 0) is 18.8 Å². The van der Waals surface area contributed by atoms with Gasteiger partial charge < -0.3 is 10.2 Å². The second kappa shape index (κ2) is 3.97. The first kappa shape index (κ1) is 10.7. The first-order chi connectivity index (χ1) is 7.12. The van der Waals surface area contributed by atoms with Crippen molar-refractivity contribution in [2.24, 2.45) is 5.73 Å². The van der Waals surface area contributed by atoms with E-state index in [0.717, 1.165) is 24.4 Å². The average molecular weight is 208 g/mol. The molecule has 0 atom stereocenters. The molecule has 0 bridgehead atoms. The van der Waals surface area contributed by atoms with Crippen molar-refractivity contribution in [3.63, 3.8) is 0 Å². The lowest BCUT2D eigenvalue weighted by Gasteiger charge is -2.29. The SMILES string of the molecule is CC(C)c1coc(C2(N)CCCCC2)n1. The van der Waals surface area contributed by atoms with Crippen LogP contribution in [0.3, 0.4) is 0 Å². The standard InChI is InChI=1S/C12H20N2O/c1-9(2)10-8-15-11(14-10)12(13)6-4-3-5-7-12/h8-9H,3-7,13H2,1-2H3. The lowest BCUT2D eigenvalue weighted by atomic mass is 9.82. The van der Waals surface area contributed by atoms with E-state index in [4.69, 9.17) is 10.2 Å². The fourth-order valence-electron chi connectivity index (χ4n) is 2.18. The molecule has 0 unspecified atom stereocenters. The van der Waals surface area contributed by atoms with Crippen molar-refractivity contribution in [3.05, 3.63) is 17.8 Å². The molecular formula is C12H20N2O. The Bertz CT molecular complexity index is 324. The maximum Gasteiger partial charge on any atom is 0.214 e. The Labute approximate surface area is 91.1 Å². The van der Waals surface area contributed by atoms with Crippen LogP contribution in [0.25, 0.3) is 0 Å². The molecule has 1 heterocycles. The van der Waals surface area contributed by atoms with Gasteiger partial charge in [-0.1, -0.05) is 33.1 Å². The third kappa shape index (κ3) is 2.07. The van der Waals surface area contributed by atoms with Gasteiger partial charge in [0.2, 0.25) is 5.89 Å². The van der Waals surface area contributed by atoms with Gasteiger partial charge in [-0.25, -0.2) is 4.98 Å². The highest BCUT2D eigenvalue weighted by Crippen LogP contribution is 2.34. The van der Waals surface area contributed by atoms with E-state index in [1.54, 1.807) is 6.26 Å². The minimum absolute atomic E-state index is 0.300. The molecule has 1 aromatic rings. The van der Waals surface area contributed by atoms with Crippen LogP contribution in [0.15, 0.2) is 10.7 Å². The van der Waals surface area contributed by atoms with Crippen LogP contribution < -0.4 is 5.73 Å². The molecular weight excluding hydrogens is 188 g/mol. The van der Waals surface area contributed by atoms with Crippen LogP contribution in [0, 0.1) is 0 Å². The van der Waals surface area contributed by atoms with E-state index in [1.807, 2.05) is 0 Å². The molecule has 0 spiro atoms. The van der Waals surface area contributed by atoms with E-state index < -0.39 is 0 Å². The van der Waals surface area contributed by atoms with E-state index in [9.17, 15) is 0 Å². The third-order valence-corrected chi connectivity index (χ3v) is 3.29. The molecule has 1 aliphatic rings. The fourth-order valence-corrected chi connectivity index (χ4v) is 2.18. The Balaban J connectivity index is 2.20. The van der Waals surface area contributed by atoms with Gasteiger partial charge in [0.15, 0.2) is 0 Å². The predicted octanol–water partition coefficient (Wildman–Crippen LogP) is 2.92. The highest BCUT2D eigenvalue weighted by molar-refractivity contribution is 5.09. The molecule has 0 amide bonds. The molecule has 0 aliphatic heterocycles. The Morgan fingerprint density at radius 1 is 1.33 bits per heavy atom. The van der Waals surface area contributed by atoms with Gasteiger partial charge in [-0.15, -0.1) is 0 Å². The summed E-state index contributed by atoms with van der Waals surface area (Å²) in [6, 6.07) is 0. The Morgan fingerprint density at radius 3 is 2.53 bits per heavy atom. The zero-order valence-electron chi connectivity index (χ0n) is 9.62. The van der Waals surface area contributed by atoms with Crippen molar-refractivity contribution in [2.75, 3.05) is 0 Å². The van der Waals surface area contributed by atoms with Gasteiger partial charge in [-0.3, -0.25) is 0 Å². The maximum absolute atomic E-state index is 6.34. The van der Waals surface area contributed by atoms with Crippen LogP contribution in [0.4, 0.5) is 0 Å². The van der Waals surface area contributed by atoms with Crippen molar-refractivity contribution >= 4 is 0 Å². The Kier molecular flexibility index (Phi) is 2.83. The first-order valence-electron chi connectivity index (χ1n) is 5.86. The van der Waals surface area contributed by atoms with Gasteiger partial charge in [0.1, 0.15) is 6.26 Å². The average Bonchev–Trinajstić information content (AvgIpc) is 2.68. The highest BCUT2D eigenvalue weighted by atomic mass is 16.3. The van der Waals surface area contributed by atoms with Crippen molar-refractivity contribution in [3.8, 4) is 0 Å². The van der Waals surface area contributed by atoms with Crippen molar-refractivity contribution < 1.29 is 4.42 Å². The molecule has 2 N–H and O–H groups in total. The molecule has 1 fully saturated rings. The largest absolute Gasteiger partial charge is 0.447 e. The van der Waals surface area contributed by atoms with Gasteiger partial charge >= 0.3 is 0 Å². The third-order valence-electron chi connectivity index (χ3n) is 3.29. The highest BCUT2D eigenvalue weighted by Gasteiger charge is 2.34. The molecule has 3 heteroatoms. The summed E-state index contributed by atoms with van der Waals surface area (Å²) in [5.41, 5.74) is 7.05. The molecule has 0 aromatic carbocycles. The van der Waals surface area contributed by atoms with Gasteiger partial charge in [0.25, 0.3) is 0 Å². The topological polar surface area (TPSA) is 52.0 Å². The molecule has 15 heavy (non-hydrogen) atoms. The smallest absolute Gasteiger partial charge is 0.214 e. The Hall–Kier alpha value is -0.830. The maximum atomic E-state index is 6.34. The van der Waals surface area contributed by atoms with Crippen LogP contribution in [-0.2, 0) is 5.54 Å². The summed E-state index contributed by atoms with van der Waals surface area (Å²) in [5.74, 6) is 1.15. The molecule has 0 saturated heterocycles. The number of oxazole rings is 1. The molecule has 1 aliphatic carbocycles. The van der Waals surface area contributed by atoms with Crippen LogP contribution in [0.5, 0.6) is 0 Å². The first-order valence-corrected chi connectivity index (χ1v) is 5.86. The fraction of sp³-hybridized carbons (Fsp3) is 0.750. The summed E-state index contributed by atoms with van der Waals surface area (Å²) in [6.45, 7) is 4.23. The number of hydrogen-bond donors (Lipinski definition) is 1. The van der Waals surface area contributed by atoms with Gasteiger partial charge in [0, 0.05) is 0 Å². The summed E-state index contributed by atoms with van der Waals surface area (Å²) < 4.78 is 5.53. The minimum Gasteiger partial charge on any atom is -0.447 e. The zero-order chi connectivity index (χ0) is 10.9. The summed E-state index contributed by atoms with van der Waals surface area (Å²) in [6.07, 6.45) is 7.43. The van der Waals surface area contributed by atoms with Crippen LogP contribution in [0.1, 0.15) is 63.5 Å². The molecule has 84 valence electrons. The van der Waals surface area contributed by atoms with Crippen LogP contribution in [0.2, 0.25) is 0 Å².